The lowest BCUT2D eigenvalue weighted by Gasteiger charge is -2.30. The minimum absolute atomic E-state index is 0.833. The summed E-state index contributed by atoms with van der Waals surface area (Å²) in [5.74, 6) is 0. The van der Waals surface area contributed by atoms with Gasteiger partial charge in [-0.2, -0.15) is 8.42 Å². The Morgan fingerprint density at radius 2 is 1.00 bits per heavy atom. The molecular weight excluding hydrogens is 414 g/mol. The number of hydrogen-bond donors (Lipinski definition) is 5. The summed E-state index contributed by atoms with van der Waals surface area (Å²) in [4.78, 5) is 1.17. The molecule has 10 heteroatoms. The summed E-state index contributed by atoms with van der Waals surface area (Å²) in [5, 5.41) is 26.9. The smallest absolute Gasteiger partial charge is 0.382 e. The van der Waals surface area contributed by atoms with E-state index in [0.717, 1.165) is 13.2 Å². The summed E-state index contributed by atoms with van der Waals surface area (Å²) >= 11 is 0. The van der Waals surface area contributed by atoms with E-state index < -0.39 is 29.1 Å². The Bertz CT molecular complexity index is 392. The summed E-state index contributed by atoms with van der Waals surface area (Å²) in [6.45, 7) is 10.6. The fourth-order valence-corrected chi connectivity index (χ4v) is 2.77. The zero-order valence-corrected chi connectivity index (χ0v) is 20.4. The van der Waals surface area contributed by atoms with Crippen LogP contribution in [0.5, 0.6) is 0 Å². The van der Waals surface area contributed by atoms with Crippen LogP contribution in [-0.4, -0.2) is 69.6 Å². The van der Waals surface area contributed by atoms with Crippen molar-refractivity contribution in [1.82, 2.24) is 4.90 Å². The van der Waals surface area contributed by atoms with Crippen LogP contribution in [0.4, 0.5) is 0 Å². The number of aliphatic hydroxyl groups excluding tert-OH is 3. The molecule has 30 heavy (non-hydrogen) atoms. The van der Waals surface area contributed by atoms with E-state index in [-0.39, 0.29) is 0 Å². The molecule has 0 aromatic rings. The maximum atomic E-state index is 8.96. The monoisotopic (exact) mass is 461 g/mol. The van der Waals surface area contributed by atoms with Crippen molar-refractivity contribution < 1.29 is 37.6 Å². The lowest BCUT2D eigenvalue weighted by atomic mass is 10.1. The molecule has 0 saturated carbocycles. The zero-order valence-electron chi connectivity index (χ0n) is 19.5. The van der Waals surface area contributed by atoms with Crippen molar-refractivity contribution in [3.05, 3.63) is 0 Å². The van der Waals surface area contributed by atoms with Crippen molar-refractivity contribution >= 4 is 10.4 Å². The van der Waals surface area contributed by atoms with E-state index in [1.54, 1.807) is 0 Å². The molecule has 0 aliphatic rings. The van der Waals surface area contributed by atoms with Gasteiger partial charge in [0.05, 0.1) is 0 Å². The highest BCUT2D eigenvalue weighted by molar-refractivity contribution is 7.79. The molecule has 0 radical (unpaired) electrons. The van der Waals surface area contributed by atoms with Gasteiger partial charge in [0.15, 0.2) is 0 Å². The van der Waals surface area contributed by atoms with Crippen LogP contribution in [0.1, 0.15) is 98.8 Å². The van der Waals surface area contributed by atoms with Gasteiger partial charge in [0.25, 0.3) is 0 Å². The number of rotatable bonds is 15. The minimum atomic E-state index is -4.67. The van der Waals surface area contributed by atoms with Crippen LogP contribution in [0.25, 0.3) is 0 Å². The molecule has 0 amide bonds. The second-order valence-electron chi connectivity index (χ2n) is 7.17. The SMILES string of the molecule is CC(O)N(C(C)O)C(C)O.CCCCCCCCCCCCOCC.O=S(=O)(O)O. The summed E-state index contributed by atoms with van der Waals surface area (Å²) < 4.78 is 36.9. The van der Waals surface area contributed by atoms with Crippen LogP contribution in [0.15, 0.2) is 0 Å². The van der Waals surface area contributed by atoms with Gasteiger partial charge in [-0.15, -0.1) is 0 Å². The van der Waals surface area contributed by atoms with E-state index in [4.69, 9.17) is 37.6 Å². The summed E-state index contributed by atoms with van der Waals surface area (Å²) in [5.41, 5.74) is 0. The molecule has 0 heterocycles. The van der Waals surface area contributed by atoms with Crippen LogP contribution in [0.3, 0.4) is 0 Å². The molecule has 5 N–H and O–H groups in total. The molecule has 0 spiro atoms. The number of hydrogen-bond acceptors (Lipinski definition) is 7. The largest absolute Gasteiger partial charge is 0.394 e. The van der Waals surface area contributed by atoms with Crippen LogP contribution >= 0.6 is 0 Å². The Hall–Kier alpha value is -0.330. The Balaban J connectivity index is -0.000000417. The van der Waals surface area contributed by atoms with Gasteiger partial charge >= 0.3 is 10.4 Å². The Kier molecular flexibility index (Phi) is 26.7. The molecule has 9 nitrogen and oxygen atoms in total. The normalized spacial score (nSPS) is 14.2. The van der Waals surface area contributed by atoms with Crippen LogP contribution in [-0.2, 0) is 15.1 Å². The molecule has 0 saturated heterocycles. The molecule has 0 aromatic heterocycles. The number of ether oxygens (including phenoxy) is 1. The molecule has 3 atom stereocenters. The molecule has 0 aliphatic heterocycles. The maximum Gasteiger partial charge on any atom is 0.394 e. The first kappa shape index (κ1) is 34.3. The van der Waals surface area contributed by atoms with Gasteiger partial charge in [-0.05, 0) is 34.1 Å². The molecule has 0 aliphatic carbocycles. The van der Waals surface area contributed by atoms with Crippen molar-refractivity contribution in [1.29, 1.82) is 0 Å². The fraction of sp³-hybridized carbons (Fsp3) is 1.00. The Morgan fingerprint density at radius 1 is 0.700 bits per heavy atom. The highest BCUT2D eigenvalue weighted by Crippen LogP contribution is 2.10. The third-order valence-electron chi connectivity index (χ3n) is 4.14. The molecule has 0 bridgehead atoms. The molecule has 186 valence electrons. The predicted molar refractivity (Wildman–Crippen MR) is 119 cm³/mol. The van der Waals surface area contributed by atoms with E-state index >= 15 is 0 Å². The average Bonchev–Trinajstić information content (AvgIpc) is 2.57. The lowest BCUT2D eigenvalue weighted by Crippen LogP contribution is -2.45. The lowest BCUT2D eigenvalue weighted by molar-refractivity contribution is -0.159. The van der Waals surface area contributed by atoms with Crippen molar-refractivity contribution in [2.24, 2.45) is 0 Å². The van der Waals surface area contributed by atoms with Gasteiger partial charge in [-0.1, -0.05) is 64.7 Å². The highest BCUT2D eigenvalue weighted by Gasteiger charge is 2.20. The standard InChI is InChI=1S/C14H30O.C6H15NO3.H2O4S/c1-3-5-6-7-8-9-10-11-12-13-14-15-4-2;1-4(8)7(5(2)9)6(3)10;1-5(2,3)4/h3-14H2,1-2H3;4-6,8-10H,1-3H3;(H2,1,2,3,4). The van der Waals surface area contributed by atoms with Gasteiger partial charge in [-0.25, -0.2) is 4.90 Å². The van der Waals surface area contributed by atoms with Gasteiger partial charge in [0.2, 0.25) is 0 Å². The first-order valence-corrected chi connectivity index (χ1v) is 12.4. The Labute approximate surface area is 184 Å². The molecule has 0 aromatic carbocycles. The second kappa shape index (κ2) is 23.3. The second-order valence-corrected chi connectivity index (χ2v) is 8.07. The van der Waals surface area contributed by atoms with Gasteiger partial charge in [-0.3, -0.25) is 9.11 Å². The van der Waals surface area contributed by atoms with Crippen LogP contribution in [0.2, 0.25) is 0 Å². The van der Waals surface area contributed by atoms with Crippen molar-refractivity contribution in [2.45, 2.75) is 118 Å². The van der Waals surface area contributed by atoms with Gasteiger partial charge in [0, 0.05) is 13.2 Å². The third kappa shape index (κ3) is 35.1. The highest BCUT2D eigenvalue weighted by atomic mass is 32.3. The summed E-state index contributed by atoms with van der Waals surface area (Å²) in [6.07, 6.45) is 11.5. The van der Waals surface area contributed by atoms with Gasteiger partial charge in [0.1, 0.15) is 18.7 Å². The van der Waals surface area contributed by atoms with E-state index in [1.165, 1.54) is 89.9 Å². The van der Waals surface area contributed by atoms with E-state index in [0.29, 0.717) is 0 Å². The number of nitrogens with zero attached hydrogens (tertiary/aromatic N) is 1. The van der Waals surface area contributed by atoms with Gasteiger partial charge < -0.3 is 20.1 Å². The number of aliphatic hydroxyl groups is 3. The summed E-state index contributed by atoms with van der Waals surface area (Å²) in [6, 6.07) is 0. The van der Waals surface area contributed by atoms with E-state index in [1.807, 2.05) is 0 Å². The first-order valence-electron chi connectivity index (χ1n) is 11.0. The fourth-order valence-electron chi connectivity index (χ4n) is 2.77. The molecule has 0 rings (SSSR count). The van der Waals surface area contributed by atoms with Crippen LogP contribution in [0, 0.1) is 0 Å². The first-order chi connectivity index (χ1) is 13.9. The zero-order chi connectivity index (χ0) is 24.0. The van der Waals surface area contributed by atoms with Crippen molar-refractivity contribution in [2.75, 3.05) is 13.2 Å². The predicted octanol–water partition coefficient (Wildman–Crippen LogP) is 3.59. The molecule has 3 unspecified atom stereocenters. The Morgan fingerprint density at radius 3 is 1.23 bits per heavy atom. The quantitative estimate of drug-likeness (QED) is 0.140. The van der Waals surface area contributed by atoms with Crippen molar-refractivity contribution in [3.63, 3.8) is 0 Å². The van der Waals surface area contributed by atoms with Crippen molar-refractivity contribution in [3.8, 4) is 0 Å². The topological polar surface area (TPSA) is 148 Å². The average molecular weight is 462 g/mol. The van der Waals surface area contributed by atoms with E-state index in [2.05, 4.69) is 13.8 Å². The minimum Gasteiger partial charge on any atom is -0.382 e. The summed E-state index contributed by atoms with van der Waals surface area (Å²) in [7, 11) is -4.67. The number of unbranched alkanes of at least 4 members (excludes halogenated alkanes) is 9. The molecule has 0 fully saturated rings. The third-order valence-corrected chi connectivity index (χ3v) is 4.14. The van der Waals surface area contributed by atoms with Crippen LogP contribution < -0.4 is 0 Å². The maximum absolute atomic E-state index is 8.96. The van der Waals surface area contributed by atoms with E-state index in [9.17, 15) is 0 Å². The molecular formula is C20H47NO8S.